The molecule has 1 aliphatic heterocycles. The van der Waals surface area contributed by atoms with Crippen molar-refractivity contribution in [2.75, 3.05) is 6.54 Å². The fraction of sp³-hybridized carbons (Fsp3) is 0.600. The number of hydrogen-bond acceptors (Lipinski definition) is 2. The number of hydrogen-bond donors (Lipinski definition) is 1. The topological polar surface area (TPSA) is 57.6 Å². The average molecular weight is 129 g/mol. The average Bonchev–Trinajstić information content (AvgIpc) is 1.61. The molecule has 1 amide bonds. The van der Waals surface area contributed by atoms with E-state index in [2.05, 4.69) is 0 Å². The number of carboxylic acid groups (broad SMARTS) is 1. The molecule has 1 aliphatic rings. The molecule has 0 saturated carbocycles. The van der Waals surface area contributed by atoms with E-state index >= 15 is 0 Å². The zero-order chi connectivity index (χ0) is 6.85. The van der Waals surface area contributed by atoms with Gasteiger partial charge < -0.3 is 9.90 Å². The van der Waals surface area contributed by atoms with E-state index in [0.29, 0.717) is 19.3 Å². The highest BCUT2D eigenvalue weighted by Gasteiger charge is 2.31. The second kappa shape index (κ2) is 2.05. The quantitative estimate of drug-likeness (QED) is 0.504. The lowest BCUT2D eigenvalue weighted by atomic mass is 10.1. The highest BCUT2D eigenvalue weighted by molar-refractivity contribution is 5.73. The first-order valence-corrected chi connectivity index (χ1v) is 2.70. The van der Waals surface area contributed by atoms with Gasteiger partial charge in [0.15, 0.2) is 0 Å². The lowest BCUT2D eigenvalue weighted by molar-refractivity contribution is -0.115. The van der Waals surface area contributed by atoms with E-state index in [-0.39, 0.29) is 6.04 Å². The largest absolute Gasteiger partial charge is 0.465 e. The number of rotatable bonds is 1. The molecule has 0 aromatic carbocycles. The Morgan fingerprint density at radius 3 is 2.56 bits per heavy atom. The normalized spacial score (nSPS) is 24.9. The van der Waals surface area contributed by atoms with Gasteiger partial charge >= 0.3 is 6.09 Å². The van der Waals surface area contributed by atoms with Gasteiger partial charge in [0.1, 0.15) is 6.29 Å². The standard InChI is InChI=1S/C5H7NO3/c7-3-4-1-2-6(4)5(8)9/h3-4H,1-2H2,(H,8,9). The zero-order valence-electron chi connectivity index (χ0n) is 4.78. The Morgan fingerprint density at radius 1 is 1.78 bits per heavy atom. The Balaban J connectivity index is 2.44. The van der Waals surface area contributed by atoms with E-state index in [1.54, 1.807) is 0 Å². The summed E-state index contributed by atoms with van der Waals surface area (Å²) in [5, 5.41) is 8.30. The maximum Gasteiger partial charge on any atom is 0.407 e. The molecule has 4 heteroatoms. The van der Waals surface area contributed by atoms with Crippen molar-refractivity contribution in [2.45, 2.75) is 12.5 Å². The predicted octanol–water partition coefficient (Wildman–Crippen LogP) is -0.0624. The summed E-state index contributed by atoms with van der Waals surface area (Å²) in [6, 6.07) is -0.373. The molecule has 0 aromatic rings. The molecule has 1 fully saturated rings. The first-order valence-electron chi connectivity index (χ1n) is 2.70. The van der Waals surface area contributed by atoms with Gasteiger partial charge in [0.25, 0.3) is 0 Å². The smallest absolute Gasteiger partial charge is 0.407 e. The van der Waals surface area contributed by atoms with Crippen molar-refractivity contribution in [3.05, 3.63) is 0 Å². The Bertz CT molecular complexity index is 145. The predicted molar refractivity (Wildman–Crippen MR) is 29.2 cm³/mol. The third kappa shape index (κ3) is 0.872. The molecule has 9 heavy (non-hydrogen) atoms. The lowest BCUT2D eigenvalue weighted by Gasteiger charge is -2.34. The van der Waals surface area contributed by atoms with E-state index < -0.39 is 6.09 Å². The third-order valence-corrected chi connectivity index (χ3v) is 1.47. The Hall–Kier alpha value is -1.06. The molecule has 0 aromatic heterocycles. The van der Waals surface area contributed by atoms with Crippen molar-refractivity contribution in [3.8, 4) is 0 Å². The van der Waals surface area contributed by atoms with E-state index in [1.165, 1.54) is 0 Å². The molecule has 0 bridgehead atoms. The minimum atomic E-state index is -1.00. The number of nitrogens with zero attached hydrogens (tertiary/aromatic N) is 1. The number of amides is 1. The number of carbonyl (C=O) groups is 2. The van der Waals surface area contributed by atoms with Crippen LogP contribution < -0.4 is 0 Å². The van der Waals surface area contributed by atoms with Crippen LogP contribution in [0.4, 0.5) is 4.79 Å². The molecular weight excluding hydrogens is 122 g/mol. The van der Waals surface area contributed by atoms with Crippen molar-refractivity contribution in [1.29, 1.82) is 0 Å². The Kier molecular flexibility index (Phi) is 1.38. The minimum absolute atomic E-state index is 0.373. The molecule has 1 unspecified atom stereocenters. The van der Waals surface area contributed by atoms with Crippen molar-refractivity contribution in [2.24, 2.45) is 0 Å². The summed E-state index contributed by atoms with van der Waals surface area (Å²) in [5.74, 6) is 0. The van der Waals surface area contributed by atoms with Crippen LogP contribution in [-0.2, 0) is 4.79 Å². The summed E-state index contributed by atoms with van der Waals surface area (Å²) in [6.07, 6.45) is 0.339. The van der Waals surface area contributed by atoms with Gasteiger partial charge in [0, 0.05) is 6.54 Å². The SMILES string of the molecule is O=CC1CCN1C(=O)O. The van der Waals surface area contributed by atoms with Gasteiger partial charge in [0.2, 0.25) is 0 Å². The molecule has 0 aliphatic carbocycles. The maximum absolute atomic E-state index is 10.1. The lowest BCUT2D eigenvalue weighted by Crippen LogP contribution is -2.51. The van der Waals surface area contributed by atoms with Gasteiger partial charge in [-0.05, 0) is 6.42 Å². The summed E-state index contributed by atoms with van der Waals surface area (Å²) >= 11 is 0. The minimum Gasteiger partial charge on any atom is -0.465 e. The van der Waals surface area contributed by atoms with Gasteiger partial charge in [-0.3, -0.25) is 4.90 Å². The van der Waals surface area contributed by atoms with E-state index in [9.17, 15) is 9.59 Å². The molecule has 50 valence electrons. The highest BCUT2D eigenvalue weighted by Crippen LogP contribution is 2.13. The third-order valence-electron chi connectivity index (χ3n) is 1.47. The molecule has 0 radical (unpaired) electrons. The first kappa shape index (κ1) is 6.07. The van der Waals surface area contributed by atoms with Crippen LogP contribution in [-0.4, -0.2) is 35.0 Å². The van der Waals surface area contributed by atoms with Crippen LogP contribution in [0.15, 0.2) is 0 Å². The van der Waals surface area contributed by atoms with E-state index in [4.69, 9.17) is 5.11 Å². The molecule has 1 atom stereocenters. The van der Waals surface area contributed by atoms with Crippen molar-refractivity contribution in [1.82, 2.24) is 4.90 Å². The number of aldehydes is 1. The van der Waals surface area contributed by atoms with Gasteiger partial charge in [-0.2, -0.15) is 0 Å². The molecule has 4 nitrogen and oxygen atoms in total. The van der Waals surface area contributed by atoms with E-state index in [1.807, 2.05) is 0 Å². The van der Waals surface area contributed by atoms with Crippen molar-refractivity contribution >= 4 is 12.4 Å². The summed E-state index contributed by atoms with van der Waals surface area (Å²) < 4.78 is 0. The second-order valence-electron chi connectivity index (χ2n) is 1.97. The molecule has 0 spiro atoms. The number of likely N-dealkylation sites (tertiary alicyclic amines) is 1. The van der Waals surface area contributed by atoms with Crippen LogP contribution in [0.2, 0.25) is 0 Å². The summed E-state index contributed by atoms with van der Waals surface area (Å²) in [6.45, 7) is 0.499. The first-order chi connectivity index (χ1) is 4.25. The fourth-order valence-electron chi connectivity index (χ4n) is 0.786. The summed E-state index contributed by atoms with van der Waals surface area (Å²) in [4.78, 5) is 21.2. The summed E-state index contributed by atoms with van der Waals surface area (Å²) in [5.41, 5.74) is 0. The van der Waals surface area contributed by atoms with Crippen LogP contribution in [0.25, 0.3) is 0 Å². The second-order valence-corrected chi connectivity index (χ2v) is 1.97. The van der Waals surface area contributed by atoms with Crippen molar-refractivity contribution < 1.29 is 14.7 Å². The molecule has 1 rings (SSSR count). The van der Waals surface area contributed by atoms with Crippen LogP contribution in [0.1, 0.15) is 6.42 Å². The monoisotopic (exact) mass is 129 g/mol. The van der Waals surface area contributed by atoms with E-state index in [0.717, 1.165) is 4.90 Å². The van der Waals surface area contributed by atoms with Gasteiger partial charge in [-0.1, -0.05) is 0 Å². The highest BCUT2D eigenvalue weighted by atomic mass is 16.4. The van der Waals surface area contributed by atoms with Crippen LogP contribution in [0.5, 0.6) is 0 Å². The van der Waals surface area contributed by atoms with Crippen molar-refractivity contribution in [3.63, 3.8) is 0 Å². The maximum atomic E-state index is 10.1. The molecule has 1 saturated heterocycles. The summed E-state index contributed by atoms with van der Waals surface area (Å²) in [7, 11) is 0. The van der Waals surface area contributed by atoms with Crippen LogP contribution >= 0.6 is 0 Å². The van der Waals surface area contributed by atoms with Gasteiger partial charge in [0.05, 0.1) is 6.04 Å². The Morgan fingerprint density at radius 2 is 2.44 bits per heavy atom. The number of carbonyl (C=O) groups excluding carboxylic acids is 1. The van der Waals surface area contributed by atoms with Gasteiger partial charge in [-0.15, -0.1) is 0 Å². The fourth-order valence-corrected chi connectivity index (χ4v) is 0.786. The molecule has 1 N–H and O–H groups in total. The Labute approximate surface area is 52.1 Å². The zero-order valence-corrected chi connectivity index (χ0v) is 4.78. The van der Waals surface area contributed by atoms with Gasteiger partial charge in [-0.25, -0.2) is 4.79 Å². The molecular formula is C5H7NO3. The van der Waals surface area contributed by atoms with Crippen LogP contribution in [0.3, 0.4) is 0 Å². The molecule has 1 heterocycles. The van der Waals surface area contributed by atoms with Crippen LogP contribution in [0, 0.1) is 0 Å².